The van der Waals surface area contributed by atoms with E-state index >= 15 is 0 Å². The predicted molar refractivity (Wildman–Crippen MR) is 57.4 cm³/mol. The molecule has 3 heteroatoms. The summed E-state index contributed by atoms with van der Waals surface area (Å²) >= 11 is 0. The molecular weight excluding hydrogens is 195 g/mol. The molecule has 15 heavy (non-hydrogen) atoms. The molecule has 84 valence electrons. The maximum absolute atomic E-state index is 13.5. The standard InChI is InChI=1S/C12H17FO2/c1-12(2,3)11(14)9-7-8(15-4)5-6-10(9)13/h5-7,11,14H,1-4H3. The summed E-state index contributed by atoms with van der Waals surface area (Å²) in [5.41, 5.74) is -0.116. The first kappa shape index (κ1) is 12.0. The quantitative estimate of drug-likeness (QED) is 0.816. The lowest BCUT2D eigenvalue weighted by Crippen LogP contribution is -2.19. The van der Waals surface area contributed by atoms with E-state index in [2.05, 4.69) is 0 Å². The third-order valence-electron chi connectivity index (χ3n) is 2.32. The highest BCUT2D eigenvalue weighted by Gasteiger charge is 2.26. The highest BCUT2D eigenvalue weighted by molar-refractivity contribution is 5.31. The van der Waals surface area contributed by atoms with Crippen LogP contribution >= 0.6 is 0 Å². The summed E-state index contributed by atoms with van der Waals surface area (Å²) in [7, 11) is 1.51. The first-order valence-corrected chi connectivity index (χ1v) is 4.87. The average Bonchev–Trinajstić information content (AvgIpc) is 2.16. The molecule has 0 spiro atoms. The Bertz CT molecular complexity index is 342. The molecule has 0 aliphatic carbocycles. The van der Waals surface area contributed by atoms with Gasteiger partial charge in [0.2, 0.25) is 0 Å². The minimum absolute atomic E-state index is 0.279. The van der Waals surface area contributed by atoms with Crippen LogP contribution in [0.2, 0.25) is 0 Å². The first-order chi connectivity index (χ1) is 6.86. The number of benzene rings is 1. The molecule has 1 aromatic carbocycles. The molecule has 0 aliphatic heterocycles. The minimum Gasteiger partial charge on any atom is -0.497 e. The molecule has 1 aromatic rings. The summed E-state index contributed by atoms with van der Waals surface area (Å²) in [6.07, 6.45) is -0.840. The SMILES string of the molecule is COc1ccc(F)c(C(O)C(C)(C)C)c1. The highest BCUT2D eigenvalue weighted by atomic mass is 19.1. The van der Waals surface area contributed by atoms with Gasteiger partial charge in [0.1, 0.15) is 11.6 Å². The fourth-order valence-electron chi connectivity index (χ4n) is 1.32. The van der Waals surface area contributed by atoms with Crippen molar-refractivity contribution in [2.45, 2.75) is 26.9 Å². The van der Waals surface area contributed by atoms with Gasteiger partial charge in [-0.1, -0.05) is 20.8 Å². The number of hydrogen-bond acceptors (Lipinski definition) is 2. The lowest BCUT2D eigenvalue weighted by atomic mass is 9.84. The van der Waals surface area contributed by atoms with Gasteiger partial charge in [-0.2, -0.15) is 0 Å². The number of halogens is 1. The van der Waals surface area contributed by atoms with E-state index in [1.165, 1.54) is 25.3 Å². The van der Waals surface area contributed by atoms with Gasteiger partial charge in [-0.3, -0.25) is 0 Å². The summed E-state index contributed by atoms with van der Waals surface area (Å²) in [6.45, 7) is 5.57. The number of aliphatic hydroxyl groups is 1. The number of rotatable bonds is 2. The molecule has 0 saturated carbocycles. The van der Waals surface area contributed by atoms with Crippen LogP contribution in [0.5, 0.6) is 5.75 Å². The molecule has 1 rings (SSSR count). The van der Waals surface area contributed by atoms with E-state index in [9.17, 15) is 9.50 Å². The van der Waals surface area contributed by atoms with Crippen molar-refractivity contribution in [1.82, 2.24) is 0 Å². The molecular formula is C12H17FO2. The van der Waals surface area contributed by atoms with E-state index in [0.29, 0.717) is 5.75 Å². The summed E-state index contributed by atoms with van der Waals surface area (Å²) < 4.78 is 18.5. The molecule has 0 saturated heterocycles. The Morgan fingerprint density at radius 1 is 1.33 bits per heavy atom. The molecule has 1 unspecified atom stereocenters. The number of hydrogen-bond donors (Lipinski definition) is 1. The van der Waals surface area contributed by atoms with Crippen LogP contribution in [-0.4, -0.2) is 12.2 Å². The van der Waals surface area contributed by atoms with Crippen molar-refractivity contribution in [3.63, 3.8) is 0 Å². The Balaban J connectivity index is 3.12. The molecule has 0 radical (unpaired) electrons. The van der Waals surface area contributed by atoms with Crippen LogP contribution in [0, 0.1) is 11.2 Å². The molecule has 0 aliphatic rings. The molecule has 1 N–H and O–H groups in total. The van der Waals surface area contributed by atoms with E-state index in [0.717, 1.165) is 0 Å². The summed E-state index contributed by atoms with van der Waals surface area (Å²) in [4.78, 5) is 0. The van der Waals surface area contributed by atoms with Crippen molar-refractivity contribution in [2.75, 3.05) is 7.11 Å². The van der Waals surface area contributed by atoms with E-state index in [1.54, 1.807) is 0 Å². The first-order valence-electron chi connectivity index (χ1n) is 4.87. The second kappa shape index (κ2) is 4.19. The van der Waals surface area contributed by atoms with E-state index < -0.39 is 17.3 Å². The summed E-state index contributed by atoms with van der Waals surface area (Å²) in [5.74, 6) is 0.146. The Morgan fingerprint density at radius 3 is 2.40 bits per heavy atom. The molecule has 0 fully saturated rings. The largest absolute Gasteiger partial charge is 0.497 e. The van der Waals surface area contributed by atoms with Gasteiger partial charge >= 0.3 is 0 Å². The summed E-state index contributed by atoms with van der Waals surface area (Å²) in [5, 5.41) is 9.96. The van der Waals surface area contributed by atoms with Crippen LogP contribution in [0.1, 0.15) is 32.4 Å². The molecule has 2 nitrogen and oxygen atoms in total. The van der Waals surface area contributed by atoms with E-state index in [1.807, 2.05) is 20.8 Å². The van der Waals surface area contributed by atoms with Crippen LogP contribution in [0.25, 0.3) is 0 Å². The van der Waals surface area contributed by atoms with Crippen LogP contribution in [-0.2, 0) is 0 Å². The predicted octanol–water partition coefficient (Wildman–Crippen LogP) is 2.91. The van der Waals surface area contributed by atoms with Gasteiger partial charge in [-0.25, -0.2) is 4.39 Å². The monoisotopic (exact) mass is 212 g/mol. The van der Waals surface area contributed by atoms with Crippen LogP contribution < -0.4 is 4.74 Å². The van der Waals surface area contributed by atoms with Crippen molar-refractivity contribution >= 4 is 0 Å². The van der Waals surface area contributed by atoms with Gasteiger partial charge < -0.3 is 9.84 Å². The van der Waals surface area contributed by atoms with E-state index in [4.69, 9.17) is 4.74 Å². The lowest BCUT2D eigenvalue weighted by molar-refractivity contribution is 0.0592. The van der Waals surface area contributed by atoms with Crippen molar-refractivity contribution in [2.24, 2.45) is 5.41 Å². The molecule has 0 aromatic heterocycles. The Hall–Kier alpha value is -1.09. The van der Waals surface area contributed by atoms with Gasteiger partial charge in [0, 0.05) is 5.56 Å². The Labute approximate surface area is 89.7 Å². The Kier molecular flexibility index (Phi) is 3.35. The van der Waals surface area contributed by atoms with Gasteiger partial charge in [-0.05, 0) is 23.6 Å². The molecule has 1 atom stereocenters. The number of aliphatic hydroxyl groups excluding tert-OH is 1. The van der Waals surface area contributed by atoms with Gasteiger partial charge in [0.15, 0.2) is 0 Å². The van der Waals surface area contributed by atoms with Crippen LogP contribution in [0.15, 0.2) is 18.2 Å². The molecule has 0 bridgehead atoms. The second-order valence-corrected chi connectivity index (χ2v) is 4.66. The fraction of sp³-hybridized carbons (Fsp3) is 0.500. The second-order valence-electron chi connectivity index (χ2n) is 4.66. The van der Waals surface area contributed by atoms with Crippen LogP contribution in [0.3, 0.4) is 0 Å². The third-order valence-corrected chi connectivity index (χ3v) is 2.32. The zero-order valence-electron chi connectivity index (χ0n) is 9.54. The average molecular weight is 212 g/mol. The van der Waals surface area contributed by atoms with Crippen molar-refractivity contribution in [3.8, 4) is 5.75 Å². The van der Waals surface area contributed by atoms with Crippen molar-refractivity contribution < 1.29 is 14.2 Å². The smallest absolute Gasteiger partial charge is 0.129 e. The minimum atomic E-state index is -0.840. The maximum atomic E-state index is 13.5. The maximum Gasteiger partial charge on any atom is 0.129 e. The number of ether oxygens (including phenoxy) is 1. The van der Waals surface area contributed by atoms with E-state index in [-0.39, 0.29) is 5.56 Å². The van der Waals surface area contributed by atoms with Crippen LogP contribution in [0.4, 0.5) is 4.39 Å². The fourth-order valence-corrected chi connectivity index (χ4v) is 1.32. The van der Waals surface area contributed by atoms with Gasteiger partial charge in [-0.15, -0.1) is 0 Å². The van der Waals surface area contributed by atoms with Gasteiger partial charge in [0.05, 0.1) is 13.2 Å². The molecule has 0 heterocycles. The van der Waals surface area contributed by atoms with Crippen molar-refractivity contribution in [3.05, 3.63) is 29.6 Å². The number of methoxy groups -OCH3 is 1. The zero-order chi connectivity index (χ0) is 11.6. The topological polar surface area (TPSA) is 29.5 Å². The van der Waals surface area contributed by atoms with Gasteiger partial charge in [0.25, 0.3) is 0 Å². The highest BCUT2D eigenvalue weighted by Crippen LogP contribution is 2.35. The normalized spacial score (nSPS) is 13.7. The Morgan fingerprint density at radius 2 is 1.93 bits per heavy atom. The van der Waals surface area contributed by atoms with Crippen molar-refractivity contribution in [1.29, 1.82) is 0 Å². The molecule has 0 amide bonds. The zero-order valence-corrected chi connectivity index (χ0v) is 9.54. The summed E-state index contributed by atoms with van der Waals surface area (Å²) in [6, 6.07) is 4.38. The third kappa shape index (κ3) is 2.69. The lowest BCUT2D eigenvalue weighted by Gasteiger charge is -2.26.